The second kappa shape index (κ2) is 14.0. The number of rotatable bonds is 9. The van der Waals surface area contributed by atoms with Crippen molar-refractivity contribution < 1.29 is 22.6 Å². The molecule has 1 heterocycles. The highest BCUT2D eigenvalue weighted by Crippen LogP contribution is 2.14. The number of nitrogens with zero attached hydrogens (tertiary/aromatic N) is 2. The molecule has 166 valence electrons. The van der Waals surface area contributed by atoms with Gasteiger partial charge in [-0.2, -0.15) is 13.2 Å². The van der Waals surface area contributed by atoms with Gasteiger partial charge in [0.15, 0.2) is 5.96 Å². The maximum Gasteiger partial charge on any atom is 0.411 e. The molecule has 2 N–H and O–H groups in total. The lowest BCUT2D eigenvalue weighted by Gasteiger charge is -2.27. The van der Waals surface area contributed by atoms with Crippen LogP contribution in [0.1, 0.15) is 17.5 Å². The summed E-state index contributed by atoms with van der Waals surface area (Å²) in [4.78, 5) is 6.52. The van der Waals surface area contributed by atoms with Crippen LogP contribution in [0.2, 0.25) is 0 Å². The molecule has 6 nitrogen and oxygen atoms in total. The van der Waals surface area contributed by atoms with Crippen molar-refractivity contribution in [1.29, 1.82) is 0 Å². The molecule has 2 rings (SSSR count). The predicted molar refractivity (Wildman–Crippen MR) is 118 cm³/mol. The van der Waals surface area contributed by atoms with E-state index < -0.39 is 12.8 Å². The molecule has 0 aromatic heterocycles. The van der Waals surface area contributed by atoms with Crippen molar-refractivity contribution in [2.45, 2.75) is 25.7 Å². The number of nitrogens with one attached hydrogen (secondary N) is 2. The van der Waals surface area contributed by atoms with E-state index in [-0.39, 0.29) is 30.6 Å². The highest BCUT2D eigenvalue weighted by Gasteiger charge is 2.27. The molecule has 0 bridgehead atoms. The summed E-state index contributed by atoms with van der Waals surface area (Å²) in [6, 6.07) is 8.25. The minimum Gasteiger partial charge on any atom is -0.379 e. The lowest BCUT2D eigenvalue weighted by Crippen LogP contribution is -2.38. The summed E-state index contributed by atoms with van der Waals surface area (Å²) < 4.78 is 46.0. The minimum atomic E-state index is -4.28. The van der Waals surface area contributed by atoms with Crippen molar-refractivity contribution >= 4 is 29.9 Å². The summed E-state index contributed by atoms with van der Waals surface area (Å²) >= 11 is 0. The Hall–Kier alpha value is -1.11. The molecule has 1 saturated heterocycles. The predicted octanol–water partition coefficient (Wildman–Crippen LogP) is 2.77. The molecule has 29 heavy (non-hydrogen) atoms. The number of morpholine rings is 1. The van der Waals surface area contributed by atoms with Gasteiger partial charge in [0.1, 0.15) is 6.61 Å². The van der Waals surface area contributed by atoms with Gasteiger partial charge in [0, 0.05) is 46.4 Å². The topological polar surface area (TPSA) is 58.1 Å². The van der Waals surface area contributed by atoms with Gasteiger partial charge < -0.3 is 20.1 Å². The summed E-state index contributed by atoms with van der Waals surface area (Å²) in [6.07, 6.45) is -3.82. The van der Waals surface area contributed by atoms with Crippen LogP contribution in [0.15, 0.2) is 29.3 Å². The molecule has 0 atom stereocenters. The maximum absolute atomic E-state index is 12.0. The first-order valence-corrected chi connectivity index (χ1v) is 9.44. The number of halogens is 4. The van der Waals surface area contributed by atoms with Gasteiger partial charge in [-0.1, -0.05) is 24.3 Å². The van der Waals surface area contributed by atoms with Crippen LogP contribution in [0.4, 0.5) is 13.2 Å². The van der Waals surface area contributed by atoms with Gasteiger partial charge in [0.25, 0.3) is 0 Å². The fraction of sp³-hybridized carbons (Fsp3) is 0.632. The first kappa shape index (κ1) is 25.9. The summed E-state index contributed by atoms with van der Waals surface area (Å²) in [5, 5.41) is 6.34. The van der Waals surface area contributed by atoms with E-state index in [1.54, 1.807) is 7.05 Å². The van der Waals surface area contributed by atoms with Gasteiger partial charge in [-0.15, -0.1) is 24.0 Å². The number of hydrogen-bond donors (Lipinski definition) is 2. The first-order valence-electron chi connectivity index (χ1n) is 9.44. The van der Waals surface area contributed by atoms with Gasteiger partial charge in [0.2, 0.25) is 0 Å². The Balaban J connectivity index is 0.00000420. The zero-order valence-electron chi connectivity index (χ0n) is 16.6. The molecular formula is C19H30F3IN4O2. The van der Waals surface area contributed by atoms with Crippen molar-refractivity contribution in [3.63, 3.8) is 0 Å². The third-order valence-electron chi connectivity index (χ3n) is 4.31. The molecular weight excluding hydrogens is 500 g/mol. The molecule has 0 unspecified atom stereocenters. The van der Waals surface area contributed by atoms with Gasteiger partial charge in [-0.25, -0.2) is 0 Å². The smallest absolute Gasteiger partial charge is 0.379 e. The van der Waals surface area contributed by atoms with E-state index in [0.29, 0.717) is 25.5 Å². The average Bonchev–Trinajstić information content (AvgIpc) is 2.68. The van der Waals surface area contributed by atoms with Crippen LogP contribution in [0.25, 0.3) is 0 Å². The highest BCUT2D eigenvalue weighted by atomic mass is 127. The second-order valence-corrected chi connectivity index (χ2v) is 6.53. The van der Waals surface area contributed by atoms with Crippen molar-refractivity contribution in [1.82, 2.24) is 15.5 Å². The number of alkyl halides is 3. The third kappa shape index (κ3) is 11.0. The van der Waals surface area contributed by atoms with Crippen LogP contribution < -0.4 is 10.6 Å². The van der Waals surface area contributed by atoms with Crippen LogP contribution >= 0.6 is 24.0 Å². The van der Waals surface area contributed by atoms with Crippen molar-refractivity contribution in [2.24, 2.45) is 4.99 Å². The van der Waals surface area contributed by atoms with Gasteiger partial charge in [-0.3, -0.25) is 9.89 Å². The Labute approximate surface area is 187 Å². The quantitative estimate of drug-likeness (QED) is 0.223. The molecule has 0 radical (unpaired) electrons. The molecule has 1 aromatic rings. The first-order chi connectivity index (χ1) is 13.5. The van der Waals surface area contributed by atoms with Gasteiger partial charge in [-0.05, 0) is 17.5 Å². The number of hydrogen-bond acceptors (Lipinski definition) is 4. The molecule has 0 aliphatic carbocycles. The fourth-order valence-corrected chi connectivity index (χ4v) is 2.85. The van der Waals surface area contributed by atoms with Crippen molar-refractivity contribution in [2.75, 3.05) is 53.1 Å². The number of guanidine groups is 1. The van der Waals surface area contributed by atoms with E-state index in [1.165, 1.54) is 11.1 Å². The Morgan fingerprint density at radius 1 is 1.17 bits per heavy atom. The summed E-state index contributed by atoms with van der Waals surface area (Å²) in [6.45, 7) is 4.21. The normalized spacial score (nSPS) is 15.7. The fourth-order valence-electron chi connectivity index (χ4n) is 2.85. The molecule has 0 spiro atoms. The Bertz CT molecular complexity index is 611. The van der Waals surface area contributed by atoms with E-state index in [2.05, 4.69) is 37.4 Å². The molecule has 1 aromatic carbocycles. The molecule has 1 aliphatic heterocycles. The molecule has 1 aliphatic rings. The number of benzene rings is 1. The van der Waals surface area contributed by atoms with Crippen LogP contribution in [0.3, 0.4) is 0 Å². The van der Waals surface area contributed by atoms with E-state index in [1.807, 2.05) is 12.1 Å². The van der Waals surface area contributed by atoms with Gasteiger partial charge in [0.05, 0.1) is 13.2 Å². The number of aliphatic imine (C=N–C) groups is 1. The maximum atomic E-state index is 12.0. The largest absolute Gasteiger partial charge is 0.411 e. The minimum absolute atomic E-state index is 0. The molecule has 0 saturated carbocycles. The van der Waals surface area contributed by atoms with E-state index >= 15 is 0 Å². The SMILES string of the molecule is CN=C(NCCCOCC(F)(F)F)NCc1ccccc1CN1CCOCC1.I. The molecule has 10 heteroatoms. The van der Waals surface area contributed by atoms with E-state index in [0.717, 1.165) is 32.8 Å². The van der Waals surface area contributed by atoms with Crippen LogP contribution in [0, 0.1) is 0 Å². The Kier molecular flexibility index (Phi) is 12.5. The van der Waals surface area contributed by atoms with Crippen molar-refractivity contribution in [3.8, 4) is 0 Å². The van der Waals surface area contributed by atoms with Crippen LogP contribution in [0.5, 0.6) is 0 Å². The second-order valence-electron chi connectivity index (χ2n) is 6.53. The Morgan fingerprint density at radius 3 is 2.52 bits per heavy atom. The summed E-state index contributed by atoms with van der Waals surface area (Å²) in [5.74, 6) is 0.608. The lowest BCUT2D eigenvalue weighted by atomic mass is 10.1. The van der Waals surface area contributed by atoms with Gasteiger partial charge >= 0.3 is 6.18 Å². The Morgan fingerprint density at radius 2 is 1.86 bits per heavy atom. The zero-order valence-corrected chi connectivity index (χ0v) is 19.0. The molecule has 0 amide bonds. The monoisotopic (exact) mass is 530 g/mol. The summed E-state index contributed by atoms with van der Waals surface area (Å²) in [5.41, 5.74) is 2.44. The average molecular weight is 530 g/mol. The van der Waals surface area contributed by atoms with E-state index in [4.69, 9.17) is 4.74 Å². The molecule has 1 fully saturated rings. The summed E-state index contributed by atoms with van der Waals surface area (Å²) in [7, 11) is 1.66. The van der Waals surface area contributed by atoms with Crippen LogP contribution in [-0.4, -0.2) is 70.1 Å². The number of ether oxygens (including phenoxy) is 2. The van der Waals surface area contributed by atoms with Crippen molar-refractivity contribution in [3.05, 3.63) is 35.4 Å². The third-order valence-corrected chi connectivity index (χ3v) is 4.31. The standard InChI is InChI=1S/C19H29F3N4O2.HI/c1-23-18(24-7-4-10-28-15-19(20,21)22)25-13-16-5-2-3-6-17(16)14-26-8-11-27-12-9-26;/h2-3,5-6H,4,7-15H2,1H3,(H2,23,24,25);1H. The van der Waals surface area contributed by atoms with Crippen LogP contribution in [-0.2, 0) is 22.6 Å². The van der Waals surface area contributed by atoms with E-state index in [9.17, 15) is 13.2 Å². The highest BCUT2D eigenvalue weighted by molar-refractivity contribution is 14.0. The lowest BCUT2D eigenvalue weighted by molar-refractivity contribution is -0.173. The zero-order chi connectivity index (χ0) is 20.2.